The number of pyridine rings is 1. The molecule has 98 valence electrons. The van der Waals surface area contributed by atoms with Crippen LogP contribution >= 0.6 is 0 Å². The Hall–Kier alpha value is -2.50. The Labute approximate surface area is 107 Å². The van der Waals surface area contributed by atoms with Crippen molar-refractivity contribution in [3.8, 4) is 5.75 Å². The Morgan fingerprint density at radius 1 is 1.26 bits per heavy atom. The summed E-state index contributed by atoms with van der Waals surface area (Å²) in [5, 5.41) is 0. The molecular weight excluding hydrogens is 254 g/mol. The van der Waals surface area contributed by atoms with Crippen molar-refractivity contribution < 1.29 is 18.3 Å². The van der Waals surface area contributed by atoms with Crippen LogP contribution in [-0.2, 0) is 0 Å². The lowest BCUT2D eigenvalue weighted by Crippen LogP contribution is -2.07. The molecule has 1 heterocycles. The normalized spacial score (nSPS) is 10.5. The van der Waals surface area contributed by atoms with E-state index in [0.717, 1.165) is 0 Å². The second-order valence-corrected chi connectivity index (χ2v) is 3.68. The van der Waals surface area contributed by atoms with Crippen LogP contribution in [0.4, 0.5) is 14.5 Å². The van der Waals surface area contributed by atoms with Crippen LogP contribution in [0.25, 0.3) is 0 Å². The molecule has 0 spiro atoms. The molecule has 4 nitrogen and oxygen atoms in total. The number of carbonyl (C=O) groups is 1. The largest absolute Gasteiger partial charge is 0.433 e. The number of alkyl halides is 2. The number of aromatic nitrogens is 1. The van der Waals surface area contributed by atoms with Gasteiger partial charge in [0.1, 0.15) is 11.4 Å². The average Bonchev–Trinajstić information content (AvgIpc) is 2.41. The summed E-state index contributed by atoms with van der Waals surface area (Å²) in [7, 11) is 0. The van der Waals surface area contributed by atoms with E-state index < -0.39 is 6.61 Å². The third-order valence-corrected chi connectivity index (χ3v) is 2.39. The summed E-state index contributed by atoms with van der Waals surface area (Å²) in [6.45, 7) is -2.96. The van der Waals surface area contributed by atoms with Crippen molar-refractivity contribution in [2.24, 2.45) is 0 Å². The van der Waals surface area contributed by atoms with E-state index in [1.165, 1.54) is 24.4 Å². The second kappa shape index (κ2) is 5.43. The fourth-order valence-corrected chi connectivity index (χ4v) is 1.54. The Morgan fingerprint density at radius 3 is 2.63 bits per heavy atom. The van der Waals surface area contributed by atoms with Gasteiger partial charge in [0.2, 0.25) is 5.78 Å². The molecule has 0 fully saturated rings. The lowest BCUT2D eigenvalue weighted by Gasteiger charge is -2.08. The van der Waals surface area contributed by atoms with Crippen LogP contribution in [0.2, 0.25) is 0 Å². The van der Waals surface area contributed by atoms with Crippen LogP contribution in [0.3, 0.4) is 0 Å². The first kappa shape index (κ1) is 12.9. The van der Waals surface area contributed by atoms with E-state index >= 15 is 0 Å². The maximum Gasteiger partial charge on any atom is 0.387 e. The number of hydrogen-bond donors (Lipinski definition) is 1. The number of ketones is 1. The molecule has 2 aromatic rings. The summed E-state index contributed by atoms with van der Waals surface area (Å²) in [6.07, 6.45) is 1.49. The molecule has 0 aliphatic carbocycles. The molecule has 0 saturated carbocycles. The zero-order valence-electron chi connectivity index (χ0n) is 9.72. The van der Waals surface area contributed by atoms with Crippen molar-refractivity contribution in [2.45, 2.75) is 6.61 Å². The molecule has 0 aliphatic heterocycles. The topological polar surface area (TPSA) is 65.2 Å². The first-order chi connectivity index (χ1) is 9.08. The summed E-state index contributed by atoms with van der Waals surface area (Å²) in [6, 6.07) is 8.81. The van der Waals surface area contributed by atoms with E-state index in [1.807, 2.05) is 0 Å². The maximum absolute atomic E-state index is 12.1. The van der Waals surface area contributed by atoms with Crippen LogP contribution in [0.15, 0.2) is 42.6 Å². The summed E-state index contributed by atoms with van der Waals surface area (Å²) in [4.78, 5) is 15.9. The van der Waals surface area contributed by atoms with Crippen molar-refractivity contribution in [3.05, 3.63) is 53.9 Å². The van der Waals surface area contributed by atoms with Crippen molar-refractivity contribution in [1.82, 2.24) is 4.98 Å². The highest BCUT2D eigenvalue weighted by Gasteiger charge is 2.13. The predicted octanol–water partition coefficient (Wildman–Crippen LogP) is 2.50. The Kier molecular flexibility index (Phi) is 3.70. The van der Waals surface area contributed by atoms with Crippen molar-refractivity contribution in [1.29, 1.82) is 0 Å². The lowest BCUT2D eigenvalue weighted by atomic mass is 10.1. The number of nitrogens with two attached hydrogens (primary N) is 1. The average molecular weight is 264 g/mol. The first-order valence-electron chi connectivity index (χ1n) is 5.38. The van der Waals surface area contributed by atoms with Gasteiger partial charge in [0.15, 0.2) is 0 Å². The molecule has 2 rings (SSSR count). The number of hydrogen-bond acceptors (Lipinski definition) is 4. The molecule has 0 saturated heterocycles. The molecule has 1 aromatic heterocycles. The molecule has 19 heavy (non-hydrogen) atoms. The third-order valence-electron chi connectivity index (χ3n) is 2.39. The van der Waals surface area contributed by atoms with Gasteiger partial charge in [-0.1, -0.05) is 6.07 Å². The van der Waals surface area contributed by atoms with E-state index in [4.69, 9.17) is 5.73 Å². The minimum absolute atomic E-state index is 0.0259. The fourth-order valence-electron chi connectivity index (χ4n) is 1.54. The quantitative estimate of drug-likeness (QED) is 0.680. The number of anilines is 1. The maximum atomic E-state index is 12.1. The molecule has 0 radical (unpaired) electrons. The summed E-state index contributed by atoms with van der Waals surface area (Å²) in [5.41, 5.74) is 6.04. The zero-order chi connectivity index (χ0) is 13.8. The summed E-state index contributed by atoms with van der Waals surface area (Å²) >= 11 is 0. The first-order valence-corrected chi connectivity index (χ1v) is 5.38. The number of ether oxygens (including phenoxy) is 1. The Balaban J connectivity index is 2.27. The number of nitrogen functional groups attached to an aromatic ring is 1. The lowest BCUT2D eigenvalue weighted by molar-refractivity contribution is -0.0493. The van der Waals surface area contributed by atoms with Gasteiger partial charge in [0, 0.05) is 11.8 Å². The highest BCUT2D eigenvalue weighted by molar-refractivity contribution is 6.08. The fraction of sp³-hybridized carbons (Fsp3) is 0.0769. The molecule has 0 bridgehead atoms. The van der Waals surface area contributed by atoms with Gasteiger partial charge in [0.25, 0.3) is 0 Å². The van der Waals surface area contributed by atoms with E-state index in [-0.39, 0.29) is 28.5 Å². The number of halogens is 2. The molecule has 1 aromatic carbocycles. The summed E-state index contributed by atoms with van der Waals surface area (Å²) in [5.74, 6) is -0.497. The molecule has 2 N–H and O–H groups in total. The van der Waals surface area contributed by atoms with Gasteiger partial charge < -0.3 is 10.5 Å². The van der Waals surface area contributed by atoms with Crippen LogP contribution in [0, 0.1) is 0 Å². The Morgan fingerprint density at radius 2 is 2.05 bits per heavy atom. The van der Waals surface area contributed by atoms with Crippen LogP contribution in [0.1, 0.15) is 16.1 Å². The Bertz CT molecular complexity index is 588. The standard InChI is InChI=1S/C13H10F2N2O2/c14-13(15)19-11-5-4-8(7-9(11)16)12(18)10-3-1-2-6-17-10/h1-7,13H,16H2. The summed E-state index contributed by atoms with van der Waals surface area (Å²) < 4.78 is 28.3. The second-order valence-electron chi connectivity index (χ2n) is 3.68. The van der Waals surface area contributed by atoms with Crippen LogP contribution in [-0.4, -0.2) is 17.4 Å². The molecule has 6 heteroatoms. The van der Waals surface area contributed by atoms with E-state index in [0.29, 0.717) is 0 Å². The minimum atomic E-state index is -2.96. The highest BCUT2D eigenvalue weighted by Crippen LogP contribution is 2.25. The predicted molar refractivity (Wildman–Crippen MR) is 65.2 cm³/mol. The number of nitrogens with zero attached hydrogens (tertiary/aromatic N) is 1. The van der Waals surface area contributed by atoms with Crippen molar-refractivity contribution in [3.63, 3.8) is 0 Å². The van der Waals surface area contributed by atoms with E-state index in [1.54, 1.807) is 18.2 Å². The number of rotatable bonds is 4. The van der Waals surface area contributed by atoms with Crippen LogP contribution in [0.5, 0.6) is 5.75 Å². The van der Waals surface area contributed by atoms with Gasteiger partial charge in [-0.2, -0.15) is 8.78 Å². The van der Waals surface area contributed by atoms with Gasteiger partial charge in [0.05, 0.1) is 5.69 Å². The van der Waals surface area contributed by atoms with Crippen molar-refractivity contribution in [2.75, 3.05) is 5.73 Å². The van der Waals surface area contributed by atoms with E-state index in [9.17, 15) is 13.6 Å². The monoisotopic (exact) mass is 264 g/mol. The zero-order valence-corrected chi connectivity index (χ0v) is 9.72. The van der Waals surface area contributed by atoms with Gasteiger partial charge in [-0.15, -0.1) is 0 Å². The molecular formula is C13H10F2N2O2. The number of benzene rings is 1. The van der Waals surface area contributed by atoms with Gasteiger partial charge in [-0.05, 0) is 30.3 Å². The number of carbonyl (C=O) groups excluding carboxylic acids is 1. The molecule has 0 atom stereocenters. The molecule has 0 aliphatic rings. The van der Waals surface area contributed by atoms with E-state index in [2.05, 4.69) is 9.72 Å². The molecule has 0 amide bonds. The van der Waals surface area contributed by atoms with Crippen LogP contribution < -0.4 is 10.5 Å². The highest BCUT2D eigenvalue weighted by atomic mass is 19.3. The van der Waals surface area contributed by atoms with Crippen molar-refractivity contribution >= 4 is 11.5 Å². The SMILES string of the molecule is Nc1cc(C(=O)c2ccccn2)ccc1OC(F)F. The van der Waals surface area contributed by atoms with Gasteiger partial charge >= 0.3 is 6.61 Å². The third kappa shape index (κ3) is 3.04. The minimum Gasteiger partial charge on any atom is -0.433 e. The smallest absolute Gasteiger partial charge is 0.387 e. The van der Waals surface area contributed by atoms with Gasteiger partial charge in [-0.3, -0.25) is 9.78 Å². The van der Waals surface area contributed by atoms with Gasteiger partial charge in [-0.25, -0.2) is 0 Å². The molecule has 0 unspecified atom stereocenters.